The summed E-state index contributed by atoms with van der Waals surface area (Å²) >= 11 is 1.09. The minimum Gasteiger partial charge on any atom is -0.492 e. The normalized spacial score (nSPS) is 11.5. The number of carbonyl (C=O) groups excluding carboxylic acids is 1. The van der Waals surface area contributed by atoms with Gasteiger partial charge in [0.2, 0.25) is 21.8 Å². The van der Waals surface area contributed by atoms with Gasteiger partial charge in [-0.05, 0) is 37.3 Å². The maximum Gasteiger partial charge on any atom is 0.277 e. The molecule has 1 heterocycles. The molecule has 3 aromatic rings. The Balaban J connectivity index is 1.70. The molecule has 9 nitrogen and oxygen atoms in total. The van der Waals surface area contributed by atoms with Gasteiger partial charge in [0.25, 0.3) is 5.22 Å². The van der Waals surface area contributed by atoms with Crippen molar-refractivity contribution < 1.29 is 22.4 Å². The van der Waals surface area contributed by atoms with E-state index in [2.05, 4.69) is 15.5 Å². The molecule has 0 radical (unpaired) electrons. The molecule has 3 rings (SSSR count). The van der Waals surface area contributed by atoms with Gasteiger partial charge in [0.05, 0.1) is 12.4 Å². The molecular weight excluding hydrogens is 464 g/mol. The SMILES string of the molecule is CCOc1ccc(NC(=O)CSc2nnc(-c3ccccc3)o2)cc1S(=O)(=O)N(CC)CC. The van der Waals surface area contributed by atoms with Gasteiger partial charge >= 0.3 is 0 Å². The quantitative estimate of drug-likeness (QED) is 0.403. The third-order valence-electron chi connectivity index (χ3n) is 4.60. The number of sulfonamides is 1. The molecule has 1 aromatic heterocycles. The molecule has 0 saturated heterocycles. The summed E-state index contributed by atoms with van der Waals surface area (Å²) in [7, 11) is -3.77. The number of benzene rings is 2. The van der Waals surface area contributed by atoms with Crippen molar-refractivity contribution in [2.24, 2.45) is 0 Å². The topological polar surface area (TPSA) is 115 Å². The van der Waals surface area contributed by atoms with Crippen LogP contribution in [0.15, 0.2) is 63.1 Å². The molecule has 1 N–H and O–H groups in total. The lowest BCUT2D eigenvalue weighted by atomic mass is 10.2. The molecule has 0 atom stereocenters. The second kappa shape index (κ2) is 11.3. The van der Waals surface area contributed by atoms with E-state index >= 15 is 0 Å². The summed E-state index contributed by atoms with van der Waals surface area (Å²) in [4.78, 5) is 12.5. The Hall–Kier alpha value is -2.89. The molecule has 176 valence electrons. The first-order valence-electron chi connectivity index (χ1n) is 10.5. The van der Waals surface area contributed by atoms with Crippen molar-refractivity contribution in [1.29, 1.82) is 0 Å². The molecule has 0 bridgehead atoms. The third kappa shape index (κ3) is 6.12. The first-order valence-corrected chi connectivity index (χ1v) is 12.9. The Labute approximate surface area is 197 Å². The summed E-state index contributed by atoms with van der Waals surface area (Å²) in [5.41, 5.74) is 1.14. The van der Waals surface area contributed by atoms with Gasteiger partial charge in [-0.2, -0.15) is 4.31 Å². The summed E-state index contributed by atoms with van der Waals surface area (Å²) in [5, 5.41) is 10.9. The van der Waals surface area contributed by atoms with Gasteiger partial charge in [0.15, 0.2) is 0 Å². The van der Waals surface area contributed by atoms with E-state index in [9.17, 15) is 13.2 Å². The second-order valence-electron chi connectivity index (χ2n) is 6.76. The van der Waals surface area contributed by atoms with Crippen LogP contribution in [0.25, 0.3) is 11.5 Å². The Morgan fingerprint density at radius 1 is 1.09 bits per heavy atom. The Morgan fingerprint density at radius 3 is 2.48 bits per heavy atom. The van der Waals surface area contributed by atoms with Crippen LogP contribution in [0, 0.1) is 0 Å². The van der Waals surface area contributed by atoms with Crippen molar-refractivity contribution in [2.75, 3.05) is 30.8 Å². The van der Waals surface area contributed by atoms with E-state index < -0.39 is 10.0 Å². The summed E-state index contributed by atoms with van der Waals surface area (Å²) in [6.45, 7) is 6.29. The molecule has 2 aromatic carbocycles. The average molecular weight is 491 g/mol. The number of nitrogens with one attached hydrogen (secondary N) is 1. The molecule has 0 aliphatic heterocycles. The van der Waals surface area contributed by atoms with Crippen LogP contribution in [0.1, 0.15) is 20.8 Å². The van der Waals surface area contributed by atoms with Gasteiger partial charge in [0, 0.05) is 24.3 Å². The summed E-state index contributed by atoms with van der Waals surface area (Å²) < 4.78 is 38.6. The lowest BCUT2D eigenvalue weighted by molar-refractivity contribution is -0.113. The standard InChI is InChI=1S/C22H26N4O5S2/c1-4-26(5-2)33(28,29)19-14-17(12-13-18(19)30-6-3)23-20(27)15-32-22-25-24-21(31-22)16-10-8-7-9-11-16/h7-14H,4-6,15H2,1-3H3,(H,23,27). The van der Waals surface area contributed by atoms with Crippen LogP contribution in [-0.2, 0) is 14.8 Å². The van der Waals surface area contributed by atoms with Crippen molar-refractivity contribution in [3.05, 3.63) is 48.5 Å². The lowest BCUT2D eigenvalue weighted by Gasteiger charge is -2.21. The number of hydrogen-bond acceptors (Lipinski definition) is 8. The Kier molecular flexibility index (Phi) is 8.48. The van der Waals surface area contributed by atoms with Crippen LogP contribution in [0.2, 0.25) is 0 Å². The molecular formula is C22H26N4O5S2. The molecule has 0 spiro atoms. The summed E-state index contributed by atoms with van der Waals surface area (Å²) in [6, 6.07) is 13.9. The van der Waals surface area contributed by atoms with Crippen molar-refractivity contribution in [3.8, 4) is 17.2 Å². The number of aromatic nitrogens is 2. The number of thioether (sulfide) groups is 1. The van der Waals surface area contributed by atoms with Crippen molar-refractivity contribution >= 4 is 33.4 Å². The van der Waals surface area contributed by atoms with E-state index in [4.69, 9.17) is 9.15 Å². The van der Waals surface area contributed by atoms with Crippen LogP contribution in [0.5, 0.6) is 5.75 Å². The smallest absolute Gasteiger partial charge is 0.277 e. The van der Waals surface area contributed by atoms with Crippen molar-refractivity contribution in [1.82, 2.24) is 14.5 Å². The van der Waals surface area contributed by atoms with Crippen LogP contribution < -0.4 is 10.1 Å². The van der Waals surface area contributed by atoms with Gasteiger partial charge in [-0.3, -0.25) is 4.79 Å². The van der Waals surface area contributed by atoms with E-state index in [0.29, 0.717) is 31.3 Å². The number of carbonyl (C=O) groups is 1. The predicted octanol–water partition coefficient (Wildman–Crippen LogP) is 3.90. The van der Waals surface area contributed by atoms with Gasteiger partial charge in [-0.1, -0.05) is 43.8 Å². The largest absolute Gasteiger partial charge is 0.492 e. The van der Waals surface area contributed by atoms with Crippen LogP contribution in [-0.4, -0.2) is 54.3 Å². The highest BCUT2D eigenvalue weighted by atomic mass is 32.2. The van der Waals surface area contributed by atoms with Crippen LogP contribution in [0.3, 0.4) is 0 Å². The van der Waals surface area contributed by atoms with Crippen LogP contribution >= 0.6 is 11.8 Å². The van der Waals surface area contributed by atoms with E-state index in [1.807, 2.05) is 30.3 Å². The summed E-state index contributed by atoms with van der Waals surface area (Å²) in [5.74, 6) is 0.295. The fourth-order valence-corrected chi connectivity index (χ4v) is 5.23. The van der Waals surface area contributed by atoms with Gasteiger partial charge in [0.1, 0.15) is 10.6 Å². The molecule has 0 aliphatic rings. The van der Waals surface area contributed by atoms with E-state index in [0.717, 1.165) is 17.3 Å². The number of nitrogens with zero attached hydrogens (tertiary/aromatic N) is 3. The molecule has 11 heteroatoms. The minimum atomic E-state index is -3.77. The zero-order valence-electron chi connectivity index (χ0n) is 18.6. The Morgan fingerprint density at radius 2 is 1.82 bits per heavy atom. The summed E-state index contributed by atoms with van der Waals surface area (Å²) in [6.07, 6.45) is 0. The van der Waals surface area contributed by atoms with Gasteiger partial charge in [-0.25, -0.2) is 8.42 Å². The second-order valence-corrected chi connectivity index (χ2v) is 9.59. The lowest BCUT2D eigenvalue weighted by Crippen LogP contribution is -2.31. The predicted molar refractivity (Wildman–Crippen MR) is 127 cm³/mol. The van der Waals surface area contributed by atoms with Gasteiger partial charge in [-0.15, -0.1) is 10.2 Å². The van der Waals surface area contributed by atoms with Crippen molar-refractivity contribution in [2.45, 2.75) is 30.9 Å². The van der Waals surface area contributed by atoms with Crippen LogP contribution in [0.4, 0.5) is 5.69 Å². The highest BCUT2D eigenvalue weighted by molar-refractivity contribution is 7.99. The van der Waals surface area contributed by atoms with E-state index in [1.165, 1.54) is 10.4 Å². The maximum atomic E-state index is 13.1. The zero-order chi connectivity index (χ0) is 23.8. The number of ether oxygens (including phenoxy) is 1. The minimum absolute atomic E-state index is 0.0156. The highest BCUT2D eigenvalue weighted by Crippen LogP contribution is 2.30. The van der Waals surface area contributed by atoms with E-state index in [-0.39, 0.29) is 27.5 Å². The van der Waals surface area contributed by atoms with E-state index in [1.54, 1.807) is 32.9 Å². The maximum absolute atomic E-state index is 13.1. The fourth-order valence-electron chi connectivity index (χ4n) is 3.05. The molecule has 0 unspecified atom stereocenters. The number of anilines is 1. The molecule has 0 fully saturated rings. The zero-order valence-corrected chi connectivity index (χ0v) is 20.3. The number of rotatable bonds is 11. The highest BCUT2D eigenvalue weighted by Gasteiger charge is 2.26. The first-order chi connectivity index (χ1) is 15.9. The molecule has 1 amide bonds. The number of amides is 1. The number of hydrogen-bond donors (Lipinski definition) is 1. The monoisotopic (exact) mass is 490 g/mol. The Bertz CT molecular complexity index is 1180. The fraction of sp³-hybridized carbons (Fsp3) is 0.318. The van der Waals surface area contributed by atoms with Gasteiger partial charge < -0.3 is 14.5 Å². The average Bonchev–Trinajstić information content (AvgIpc) is 3.29. The third-order valence-corrected chi connectivity index (χ3v) is 7.49. The van der Waals surface area contributed by atoms with Crippen molar-refractivity contribution in [3.63, 3.8) is 0 Å². The first kappa shape index (κ1) is 24.7. The molecule has 33 heavy (non-hydrogen) atoms. The molecule has 0 saturated carbocycles. The molecule has 0 aliphatic carbocycles.